The molecular weight excluding hydrogens is 500 g/mol. The number of nitrogens with zero attached hydrogens (tertiary/aromatic N) is 4. The molecule has 2 aliphatic rings. The Hall–Kier alpha value is -2.85. The van der Waals surface area contributed by atoms with E-state index in [9.17, 15) is 19.5 Å². The van der Waals surface area contributed by atoms with Gasteiger partial charge in [-0.05, 0) is 64.5 Å². The fraction of sp³-hybridized carbons (Fsp3) is 0.690. The first-order chi connectivity index (χ1) is 18.7. The highest BCUT2D eigenvalue weighted by molar-refractivity contribution is 5.79. The Balaban J connectivity index is 1.86. The Morgan fingerprint density at radius 2 is 1.72 bits per heavy atom. The van der Waals surface area contributed by atoms with Gasteiger partial charge >= 0.3 is 5.97 Å². The molecule has 218 valence electrons. The lowest BCUT2D eigenvalue weighted by Gasteiger charge is -2.31. The van der Waals surface area contributed by atoms with Gasteiger partial charge in [-0.1, -0.05) is 19.4 Å². The van der Waals surface area contributed by atoms with Gasteiger partial charge in [0, 0.05) is 51.6 Å². The van der Waals surface area contributed by atoms with Gasteiger partial charge in [-0.15, -0.1) is 0 Å². The lowest BCUT2D eigenvalue weighted by molar-refractivity contribution is -0.144. The number of ether oxygens (including phenoxy) is 2. The summed E-state index contributed by atoms with van der Waals surface area (Å²) in [5, 5.41) is 10.4. The molecule has 39 heavy (non-hydrogen) atoms. The molecule has 2 heterocycles. The van der Waals surface area contributed by atoms with Gasteiger partial charge in [0.25, 0.3) is 0 Å². The molecule has 0 aromatic heterocycles. The summed E-state index contributed by atoms with van der Waals surface area (Å²) in [6.07, 6.45) is 3.29. The van der Waals surface area contributed by atoms with Crippen molar-refractivity contribution in [3.63, 3.8) is 0 Å². The van der Waals surface area contributed by atoms with E-state index in [-0.39, 0.29) is 37.1 Å². The third kappa shape index (κ3) is 8.08. The Morgan fingerprint density at radius 3 is 2.36 bits per heavy atom. The summed E-state index contributed by atoms with van der Waals surface area (Å²) in [4.78, 5) is 46.2. The Morgan fingerprint density at radius 1 is 1.00 bits per heavy atom. The number of carboxylic acids is 1. The molecule has 1 aromatic carbocycles. The molecule has 1 fully saturated rings. The van der Waals surface area contributed by atoms with E-state index in [1.165, 1.54) is 6.92 Å². The van der Waals surface area contributed by atoms with Gasteiger partial charge in [0.05, 0.1) is 12.5 Å². The molecule has 1 N–H and O–H groups in total. The molecule has 10 nitrogen and oxygen atoms in total. The highest BCUT2D eigenvalue weighted by Gasteiger charge is 2.47. The van der Waals surface area contributed by atoms with Gasteiger partial charge in [0.15, 0.2) is 11.5 Å². The average Bonchev–Trinajstić information content (AvgIpc) is 3.50. The van der Waals surface area contributed by atoms with Crippen LogP contribution in [0.1, 0.15) is 57.9 Å². The third-order valence-corrected chi connectivity index (χ3v) is 7.89. The smallest absolute Gasteiger partial charge is 0.308 e. The van der Waals surface area contributed by atoms with Crippen LogP contribution in [0, 0.1) is 5.92 Å². The standard InChI is InChI=1S/C29H46N4O6/c1-6-8-14-32(15-9-13-30(4)5)27(35)19-33-18-23(22-10-11-25-26(17-22)39-20-38-25)28(29(36)37)24(33)12-16-31(7-2)21(3)34/h10-11,17,23-24,28H,6-9,12-16,18-20H2,1-5H3,(H,36,37)/t23-,24+,28?/m1/s1. The number of carboxylic acid groups (broad SMARTS) is 1. The van der Waals surface area contributed by atoms with Crippen molar-refractivity contribution >= 4 is 17.8 Å². The van der Waals surface area contributed by atoms with E-state index in [2.05, 4.69) is 11.8 Å². The SMILES string of the molecule is CCCCN(CCCN(C)C)C(=O)CN1C[C@H](c2ccc3c(c2)OCO3)C(C(=O)O)[C@@H]1CCN(CC)C(C)=O. The first-order valence-corrected chi connectivity index (χ1v) is 14.2. The van der Waals surface area contributed by atoms with E-state index >= 15 is 0 Å². The van der Waals surface area contributed by atoms with E-state index in [0.717, 1.165) is 31.4 Å². The number of carbonyl (C=O) groups excluding carboxylic acids is 2. The number of rotatable bonds is 15. The molecule has 2 amide bonds. The molecule has 1 unspecified atom stereocenters. The Labute approximate surface area is 232 Å². The van der Waals surface area contributed by atoms with E-state index < -0.39 is 11.9 Å². The van der Waals surface area contributed by atoms with Crippen molar-refractivity contribution in [3.8, 4) is 11.5 Å². The van der Waals surface area contributed by atoms with Crippen molar-refractivity contribution in [1.82, 2.24) is 19.6 Å². The lowest BCUT2D eigenvalue weighted by Crippen LogP contribution is -2.46. The van der Waals surface area contributed by atoms with Crippen LogP contribution >= 0.6 is 0 Å². The minimum absolute atomic E-state index is 0.0293. The number of aliphatic carboxylic acids is 1. The Bertz CT molecular complexity index is 987. The number of carbonyl (C=O) groups is 3. The predicted octanol–water partition coefficient (Wildman–Crippen LogP) is 2.72. The zero-order chi connectivity index (χ0) is 28.5. The molecule has 0 radical (unpaired) electrons. The van der Waals surface area contributed by atoms with Crippen LogP contribution in [0.5, 0.6) is 11.5 Å². The lowest BCUT2D eigenvalue weighted by atomic mass is 9.84. The van der Waals surface area contributed by atoms with Crippen LogP contribution in [0.15, 0.2) is 18.2 Å². The van der Waals surface area contributed by atoms with Crippen LogP contribution in [-0.4, -0.2) is 115 Å². The van der Waals surface area contributed by atoms with Gasteiger partial charge in [-0.3, -0.25) is 19.3 Å². The largest absolute Gasteiger partial charge is 0.481 e. The molecule has 1 saturated heterocycles. The second-order valence-electron chi connectivity index (χ2n) is 10.9. The van der Waals surface area contributed by atoms with Crippen LogP contribution in [0.3, 0.4) is 0 Å². The van der Waals surface area contributed by atoms with E-state index in [1.807, 2.05) is 49.0 Å². The van der Waals surface area contributed by atoms with Crippen LogP contribution in [0.4, 0.5) is 0 Å². The fourth-order valence-electron chi connectivity index (χ4n) is 5.72. The molecular formula is C29H46N4O6. The minimum atomic E-state index is -0.891. The van der Waals surface area contributed by atoms with E-state index in [4.69, 9.17) is 9.47 Å². The number of hydrogen-bond donors (Lipinski definition) is 1. The molecule has 0 bridgehead atoms. The molecule has 2 aliphatic heterocycles. The normalized spacial score (nSPS) is 20.4. The summed E-state index contributed by atoms with van der Waals surface area (Å²) in [6, 6.07) is 5.21. The van der Waals surface area contributed by atoms with E-state index in [0.29, 0.717) is 50.6 Å². The number of amides is 2. The van der Waals surface area contributed by atoms with Crippen molar-refractivity contribution in [2.45, 2.75) is 58.4 Å². The van der Waals surface area contributed by atoms with Crippen molar-refractivity contribution in [2.24, 2.45) is 5.92 Å². The molecule has 3 rings (SSSR count). The quantitative estimate of drug-likeness (QED) is 0.358. The number of hydrogen-bond acceptors (Lipinski definition) is 7. The monoisotopic (exact) mass is 546 g/mol. The van der Waals surface area contributed by atoms with Crippen LogP contribution < -0.4 is 9.47 Å². The second kappa shape index (κ2) is 14.5. The highest BCUT2D eigenvalue weighted by Crippen LogP contribution is 2.42. The number of benzene rings is 1. The predicted molar refractivity (Wildman–Crippen MR) is 149 cm³/mol. The zero-order valence-electron chi connectivity index (χ0n) is 24.2. The molecule has 1 aromatic rings. The van der Waals surface area contributed by atoms with Crippen LogP contribution in [-0.2, 0) is 14.4 Å². The Kier molecular flexibility index (Phi) is 11.4. The summed E-state index contributed by atoms with van der Waals surface area (Å²) in [5.41, 5.74) is 0.860. The molecule has 3 atom stereocenters. The number of fused-ring (bicyclic) bond motifs is 1. The first kappa shape index (κ1) is 30.7. The summed E-state index contributed by atoms with van der Waals surface area (Å²) < 4.78 is 11.0. The van der Waals surface area contributed by atoms with Gasteiger partial charge in [-0.2, -0.15) is 0 Å². The van der Waals surface area contributed by atoms with Crippen LogP contribution in [0.25, 0.3) is 0 Å². The minimum Gasteiger partial charge on any atom is -0.481 e. The van der Waals surface area contributed by atoms with Gasteiger partial charge in [0.2, 0.25) is 18.6 Å². The third-order valence-electron chi connectivity index (χ3n) is 7.89. The number of unbranched alkanes of at least 4 members (excludes halogenated alkanes) is 1. The first-order valence-electron chi connectivity index (χ1n) is 14.2. The van der Waals surface area contributed by atoms with Crippen LogP contribution in [0.2, 0.25) is 0 Å². The summed E-state index contributed by atoms with van der Waals surface area (Å²) >= 11 is 0. The summed E-state index contributed by atoms with van der Waals surface area (Å²) in [7, 11) is 4.05. The topological polar surface area (TPSA) is 103 Å². The van der Waals surface area contributed by atoms with Crippen molar-refractivity contribution in [2.75, 3.05) is 66.7 Å². The molecule has 0 aliphatic carbocycles. The van der Waals surface area contributed by atoms with Crippen molar-refractivity contribution in [3.05, 3.63) is 23.8 Å². The molecule has 0 saturated carbocycles. The summed E-state index contributed by atoms with van der Waals surface area (Å²) in [5.74, 6) is -0.677. The fourth-order valence-corrected chi connectivity index (χ4v) is 5.72. The second-order valence-corrected chi connectivity index (χ2v) is 10.9. The van der Waals surface area contributed by atoms with Gasteiger partial charge in [-0.25, -0.2) is 0 Å². The van der Waals surface area contributed by atoms with Crippen molar-refractivity contribution < 1.29 is 29.0 Å². The maximum atomic E-state index is 13.6. The molecule has 10 heteroatoms. The maximum absolute atomic E-state index is 13.6. The maximum Gasteiger partial charge on any atom is 0.308 e. The highest BCUT2D eigenvalue weighted by atomic mass is 16.7. The number of likely N-dealkylation sites (tertiary alicyclic amines) is 1. The summed E-state index contributed by atoms with van der Waals surface area (Å²) in [6.45, 7) is 9.58. The van der Waals surface area contributed by atoms with Gasteiger partial charge < -0.3 is 29.3 Å². The van der Waals surface area contributed by atoms with Crippen molar-refractivity contribution in [1.29, 1.82) is 0 Å². The average molecular weight is 547 g/mol. The van der Waals surface area contributed by atoms with E-state index in [1.54, 1.807) is 4.90 Å². The van der Waals surface area contributed by atoms with Gasteiger partial charge in [0.1, 0.15) is 0 Å². The zero-order valence-corrected chi connectivity index (χ0v) is 24.2. The molecule has 0 spiro atoms.